The number of Topliss-reactive ketones (excluding diaryl/α,β-unsaturated/α-hetero) is 1. The Morgan fingerprint density at radius 3 is 2.74 bits per heavy atom. The third kappa shape index (κ3) is 3.97. The van der Waals surface area contributed by atoms with Crippen molar-refractivity contribution in [2.24, 2.45) is 5.92 Å². The molecule has 0 saturated heterocycles. The lowest BCUT2D eigenvalue weighted by atomic mass is 10.1. The summed E-state index contributed by atoms with van der Waals surface area (Å²) in [5.74, 6) is 0.664. The van der Waals surface area contributed by atoms with Crippen molar-refractivity contribution < 1.29 is 4.79 Å². The smallest absolute Gasteiger partial charge is 0.174 e. The van der Waals surface area contributed by atoms with Crippen molar-refractivity contribution in [2.45, 2.75) is 40.0 Å². The largest absolute Gasteiger partial charge is 0.396 e. The second-order valence-corrected chi connectivity index (χ2v) is 5.92. The molecule has 104 valence electrons. The molecule has 5 heteroatoms. The molecule has 0 fully saturated rings. The van der Waals surface area contributed by atoms with Gasteiger partial charge in [-0.15, -0.1) is 11.3 Å². The number of hydrogen-bond acceptors (Lipinski definition) is 5. The average molecular weight is 279 g/mol. The van der Waals surface area contributed by atoms with E-state index in [2.05, 4.69) is 25.2 Å². The molecule has 1 rings (SSSR count). The van der Waals surface area contributed by atoms with E-state index in [1.165, 1.54) is 11.3 Å². The minimum Gasteiger partial charge on any atom is -0.396 e. The Morgan fingerprint density at radius 1 is 1.53 bits per heavy atom. The predicted octanol–water partition coefficient (Wildman–Crippen LogP) is 3.64. The lowest BCUT2D eigenvalue weighted by molar-refractivity contribution is 0.0993. The van der Waals surface area contributed by atoms with Crippen LogP contribution in [0.2, 0.25) is 0 Å². The standard InChI is InChI=1S/C14H21N3OS/c1-4-11(18)13-12(16)10(8-15)14(19-13)17-7-5-6-9(2)3/h9,17H,4-7,16H2,1-3H3. The Morgan fingerprint density at radius 2 is 2.21 bits per heavy atom. The Kier molecular flexibility index (Phi) is 5.84. The van der Waals surface area contributed by atoms with E-state index < -0.39 is 0 Å². The van der Waals surface area contributed by atoms with Crippen LogP contribution in [-0.4, -0.2) is 12.3 Å². The molecule has 0 aliphatic heterocycles. The zero-order chi connectivity index (χ0) is 14.4. The number of nitrogens with two attached hydrogens (primary N) is 1. The third-order valence-corrected chi connectivity index (χ3v) is 4.08. The Labute approximate surface area is 118 Å². The summed E-state index contributed by atoms with van der Waals surface area (Å²) < 4.78 is 0. The molecule has 1 heterocycles. The van der Waals surface area contributed by atoms with E-state index in [0.29, 0.717) is 28.5 Å². The van der Waals surface area contributed by atoms with Gasteiger partial charge >= 0.3 is 0 Å². The first-order chi connectivity index (χ1) is 9.01. The van der Waals surface area contributed by atoms with E-state index >= 15 is 0 Å². The SMILES string of the molecule is CCC(=O)c1sc(NCCCC(C)C)c(C#N)c1N. The fraction of sp³-hybridized carbons (Fsp3) is 0.571. The number of nitrogen functional groups attached to an aromatic ring is 1. The van der Waals surface area contributed by atoms with Crippen LogP contribution in [0.1, 0.15) is 55.3 Å². The van der Waals surface area contributed by atoms with Gasteiger partial charge in [0, 0.05) is 13.0 Å². The molecule has 1 aromatic rings. The fourth-order valence-electron chi connectivity index (χ4n) is 1.76. The molecule has 19 heavy (non-hydrogen) atoms. The van der Waals surface area contributed by atoms with Gasteiger partial charge in [-0.05, 0) is 18.8 Å². The lowest BCUT2D eigenvalue weighted by Gasteiger charge is -2.06. The number of nitrogens with zero attached hydrogens (tertiary/aromatic N) is 1. The number of ketones is 1. The van der Waals surface area contributed by atoms with Crippen LogP contribution in [0.3, 0.4) is 0 Å². The van der Waals surface area contributed by atoms with Crippen LogP contribution in [0, 0.1) is 17.2 Å². The van der Waals surface area contributed by atoms with Gasteiger partial charge in [0.05, 0.1) is 10.6 Å². The summed E-state index contributed by atoms with van der Waals surface area (Å²) in [5.41, 5.74) is 6.60. The number of anilines is 2. The Hall–Kier alpha value is -1.54. The number of carbonyl (C=O) groups excluding carboxylic acids is 1. The highest BCUT2D eigenvalue weighted by Crippen LogP contribution is 2.35. The van der Waals surface area contributed by atoms with Crippen molar-refractivity contribution in [1.82, 2.24) is 0 Å². The molecule has 0 atom stereocenters. The summed E-state index contributed by atoms with van der Waals surface area (Å²) in [6.07, 6.45) is 2.58. The second kappa shape index (κ2) is 7.15. The highest BCUT2D eigenvalue weighted by Gasteiger charge is 2.19. The van der Waals surface area contributed by atoms with Crippen LogP contribution in [-0.2, 0) is 0 Å². The predicted molar refractivity (Wildman–Crippen MR) is 80.6 cm³/mol. The van der Waals surface area contributed by atoms with Crippen LogP contribution in [0.25, 0.3) is 0 Å². The highest BCUT2D eigenvalue weighted by molar-refractivity contribution is 7.19. The maximum atomic E-state index is 11.7. The van der Waals surface area contributed by atoms with E-state index in [1.807, 2.05) is 0 Å². The Balaban J connectivity index is 2.78. The summed E-state index contributed by atoms with van der Waals surface area (Å²) in [6.45, 7) is 6.96. The number of nitrogens with one attached hydrogen (secondary N) is 1. The molecule has 0 aromatic carbocycles. The molecule has 0 aliphatic rings. The number of hydrogen-bond donors (Lipinski definition) is 2. The van der Waals surface area contributed by atoms with Gasteiger partial charge in [-0.3, -0.25) is 4.79 Å². The molecule has 0 amide bonds. The molecule has 1 aromatic heterocycles. The minimum atomic E-state index is -0.00534. The Bertz CT molecular complexity index is 486. The molecule has 0 bridgehead atoms. The van der Waals surface area contributed by atoms with Gasteiger partial charge in [-0.2, -0.15) is 5.26 Å². The maximum absolute atomic E-state index is 11.7. The summed E-state index contributed by atoms with van der Waals surface area (Å²) in [7, 11) is 0. The van der Waals surface area contributed by atoms with Crippen LogP contribution in [0.5, 0.6) is 0 Å². The van der Waals surface area contributed by atoms with E-state index in [-0.39, 0.29) is 5.78 Å². The normalized spacial score (nSPS) is 10.5. The van der Waals surface area contributed by atoms with E-state index in [1.54, 1.807) is 6.92 Å². The van der Waals surface area contributed by atoms with Gasteiger partial charge in [0.25, 0.3) is 0 Å². The van der Waals surface area contributed by atoms with Crippen LogP contribution < -0.4 is 11.1 Å². The fourth-order valence-corrected chi connectivity index (χ4v) is 2.87. The number of nitriles is 1. The van der Waals surface area contributed by atoms with Crippen molar-refractivity contribution >= 4 is 27.8 Å². The van der Waals surface area contributed by atoms with Gasteiger partial charge in [-0.25, -0.2) is 0 Å². The first kappa shape index (κ1) is 15.5. The number of carbonyl (C=O) groups is 1. The van der Waals surface area contributed by atoms with Crippen molar-refractivity contribution in [1.29, 1.82) is 5.26 Å². The van der Waals surface area contributed by atoms with Crippen molar-refractivity contribution in [3.63, 3.8) is 0 Å². The molecule has 4 nitrogen and oxygen atoms in total. The van der Waals surface area contributed by atoms with Crippen molar-refractivity contribution in [2.75, 3.05) is 17.6 Å². The number of thiophene rings is 1. The molecule has 3 N–H and O–H groups in total. The van der Waals surface area contributed by atoms with Gasteiger partial charge in [0.15, 0.2) is 5.78 Å². The maximum Gasteiger partial charge on any atom is 0.174 e. The molecule has 0 saturated carbocycles. The molecule has 0 radical (unpaired) electrons. The van der Waals surface area contributed by atoms with Crippen LogP contribution in [0.4, 0.5) is 10.7 Å². The van der Waals surface area contributed by atoms with Gasteiger partial charge in [0.2, 0.25) is 0 Å². The van der Waals surface area contributed by atoms with Gasteiger partial charge in [-0.1, -0.05) is 20.8 Å². The first-order valence-electron chi connectivity index (χ1n) is 6.60. The quantitative estimate of drug-likeness (QED) is 0.590. The summed E-state index contributed by atoms with van der Waals surface area (Å²) in [6, 6.07) is 2.08. The highest BCUT2D eigenvalue weighted by atomic mass is 32.1. The van der Waals surface area contributed by atoms with Crippen molar-refractivity contribution in [3.05, 3.63) is 10.4 Å². The zero-order valence-corrected chi connectivity index (χ0v) is 12.6. The molecular weight excluding hydrogens is 258 g/mol. The second-order valence-electron chi connectivity index (χ2n) is 4.90. The minimum absolute atomic E-state index is 0.00534. The lowest BCUT2D eigenvalue weighted by Crippen LogP contribution is -2.03. The molecular formula is C14H21N3OS. The molecule has 0 unspecified atom stereocenters. The van der Waals surface area contributed by atoms with Crippen LogP contribution >= 0.6 is 11.3 Å². The third-order valence-electron chi connectivity index (χ3n) is 2.88. The first-order valence-corrected chi connectivity index (χ1v) is 7.42. The van der Waals surface area contributed by atoms with Gasteiger partial charge < -0.3 is 11.1 Å². The van der Waals surface area contributed by atoms with E-state index in [0.717, 1.165) is 24.4 Å². The van der Waals surface area contributed by atoms with Gasteiger partial charge in [0.1, 0.15) is 16.6 Å². The summed E-state index contributed by atoms with van der Waals surface area (Å²) in [5, 5.41) is 13.1. The summed E-state index contributed by atoms with van der Waals surface area (Å²) >= 11 is 1.29. The molecule has 0 spiro atoms. The van der Waals surface area contributed by atoms with E-state index in [9.17, 15) is 4.79 Å². The molecule has 0 aliphatic carbocycles. The number of rotatable bonds is 7. The summed E-state index contributed by atoms with van der Waals surface area (Å²) in [4.78, 5) is 12.2. The van der Waals surface area contributed by atoms with Crippen LogP contribution in [0.15, 0.2) is 0 Å². The van der Waals surface area contributed by atoms with Crippen molar-refractivity contribution in [3.8, 4) is 6.07 Å². The monoisotopic (exact) mass is 279 g/mol. The topological polar surface area (TPSA) is 78.9 Å². The average Bonchev–Trinajstić information content (AvgIpc) is 2.70. The zero-order valence-electron chi connectivity index (χ0n) is 11.7. The van der Waals surface area contributed by atoms with E-state index in [4.69, 9.17) is 11.0 Å².